The van der Waals surface area contributed by atoms with Crippen molar-refractivity contribution in [1.29, 1.82) is 10.5 Å². The third kappa shape index (κ3) is 25.8. The average Bonchev–Trinajstić information content (AvgIpc) is 3.64. The number of ether oxygens (including phenoxy) is 6. The van der Waals surface area contributed by atoms with E-state index in [0.29, 0.717) is 65.7 Å². The Morgan fingerprint density at radius 3 is 1.04 bits per heavy atom. The first-order chi connectivity index (χ1) is 33.7. The van der Waals surface area contributed by atoms with Crippen molar-refractivity contribution in [2.75, 3.05) is 52.9 Å². The quantitative estimate of drug-likeness (QED) is 0.0622. The molecule has 0 aliphatic carbocycles. The van der Waals surface area contributed by atoms with Crippen LogP contribution in [0.4, 0.5) is 0 Å². The topological polar surface area (TPSA) is 103 Å². The molecule has 3 rings (SSSR count). The third-order valence-corrected chi connectivity index (χ3v) is 14.1. The van der Waals surface area contributed by atoms with E-state index >= 15 is 0 Å². The molecule has 8 nitrogen and oxygen atoms in total. The van der Waals surface area contributed by atoms with Gasteiger partial charge in [0.1, 0.15) is 12.2 Å². The van der Waals surface area contributed by atoms with Crippen LogP contribution in [0, 0.1) is 22.7 Å². The fourth-order valence-corrected chi connectivity index (χ4v) is 9.30. The third-order valence-electron chi connectivity index (χ3n) is 14.1. The summed E-state index contributed by atoms with van der Waals surface area (Å²) >= 11 is 0. The zero-order valence-electron chi connectivity index (χ0n) is 47.7. The van der Waals surface area contributed by atoms with Crippen molar-refractivity contribution in [2.24, 2.45) is 0 Å². The van der Waals surface area contributed by atoms with E-state index in [1.165, 1.54) is 71.9 Å². The number of aryl methyl sites for hydroxylation is 2. The molecule has 0 saturated carbocycles. The summed E-state index contributed by atoms with van der Waals surface area (Å²) in [6.07, 6.45) is 22.2. The van der Waals surface area contributed by atoms with Gasteiger partial charge in [0, 0.05) is 38.9 Å². The normalized spacial score (nSPS) is 16.4. The maximum atomic E-state index is 8.82. The molecule has 402 valence electrons. The van der Waals surface area contributed by atoms with Gasteiger partial charge in [-0.1, -0.05) is 171 Å². The SMILES string of the molecule is CC(C)(C)c1cc(CCCCCCCC2(CCCCCCCc3cc(C(C)(C)C)cc(C(C)(C)C)c3)O[C@@H](COCCOCCCCCC#N)[C@H](COCCOCCCCCC#N)O2)cc(C(C)(C)C)c1. The first-order valence-electron chi connectivity index (χ1n) is 28.4. The summed E-state index contributed by atoms with van der Waals surface area (Å²) in [6, 6.07) is 19.1. The standard InChI is InChI=1S/C63H104N2O6/c1-59(2,3)53-43-51(44-54(47-53)60(4,5)6)31-23-15-13-17-25-33-63(34-26-18-14-16-24-32-52-45-55(61(7,8)9)48-56(46-52)62(10,11)12)70-57(49-68-41-39-66-37-29-21-19-27-35-64)58(71-63)50-69-42-40-67-38-30-22-20-28-36-65/h43-48,57-58H,13-34,37-42,49-50H2,1-12H3/t57-,58-/m0/s1. The smallest absolute Gasteiger partial charge is 0.169 e. The Morgan fingerprint density at radius 2 is 0.704 bits per heavy atom. The molecule has 71 heavy (non-hydrogen) atoms. The number of nitriles is 2. The molecule has 8 heteroatoms. The van der Waals surface area contributed by atoms with Crippen molar-refractivity contribution in [3.05, 3.63) is 69.8 Å². The molecule has 0 radical (unpaired) electrons. The Kier molecular flexibility index (Phi) is 28.6. The summed E-state index contributed by atoms with van der Waals surface area (Å²) in [4.78, 5) is 0. The second kappa shape index (κ2) is 32.5. The molecule has 1 fully saturated rings. The first-order valence-corrected chi connectivity index (χ1v) is 28.4. The maximum absolute atomic E-state index is 8.82. The van der Waals surface area contributed by atoms with E-state index in [-0.39, 0.29) is 33.9 Å². The zero-order chi connectivity index (χ0) is 52.2. The molecule has 2 aromatic carbocycles. The summed E-state index contributed by atoms with van der Waals surface area (Å²) in [6.45, 7) is 32.2. The molecule has 2 atom stereocenters. The van der Waals surface area contributed by atoms with Crippen molar-refractivity contribution in [3.8, 4) is 12.1 Å². The summed E-state index contributed by atoms with van der Waals surface area (Å²) < 4.78 is 38.3. The van der Waals surface area contributed by atoms with Crippen molar-refractivity contribution < 1.29 is 28.4 Å². The van der Waals surface area contributed by atoms with Gasteiger partial charge in [-0.3, -0.25) is 0 Å². The molecular formula is C63H104N2O6. The first kappa shape index (κ1) is 62.5. The fraction of sp³-hybridized carbons (Fsp3) is 0.778. The monoisotopic (exact) mass is 985 g/mol. The van der Waals surface area contributed by atoms with Crippen LogP contribution in [0.15, 0.2) is 36.4 Å². The van der Waals surface area contributed by atoms with E-state index in [4.69, 9.17) is 38.9 Å². The largest absolute Gasteiger partial charge is 0.379 e. The van der Waals surface area contributed by atoms with Crippen LogP contribution in [0.2, 0.25) is 0 Å². The molecule has 2 aromatic rings. The molecule has 0 bridgehead atoms. The lowest BCUT2D eigenvalue weighted by Gasteiger charge is -2.29. The minimum atomic E-state index is -0.657. The van der Waals surface area contributed by atoms with Gasteiger partial charge in [-0.2, -0.15) is 10.5 Å². The van der Waals surface area contributed by atoms with Crippen molar-refractivity contribution in [3.63, 3.8) is 0 Å². The molecule has 1 saturated heterocycles. The number of benzene rings is 2. The highest BCUT2D eigenvalue weighted by Crippen LogP contribution is 2.39. The highest BCUT2D eigenvalue weighted by atomic mass is 16.8. The molecule has 0 spiro atoms. The van der Waals surface area contributed by atoms with Crippen LogP contribution in [0.3, 0.4) is 0 Å². The highest BCUT2D eigenvalue weighted by Gasteiger charge is 2.47. The van der Waals surface area contributed by atoms with Gasteiger partial charge in [0.05, 0.1) is 51.8 Å². The Morgan fingerprint density at radius 1 is 0.394 bits per heavy atom. The zero-order valence-corrected chi connectivity index (χ0v) is 47.7. The van der Waals surface area contributed by atoms with Crippen LogP contribution in [0.1, 0.15) is 245 Å². The van der Waals surface area contributed by atoms with Crippen LogP contribution in [0.5, 0.6) is 0 Å². The summed E-state index contributed by atoms with van der Waals surface area (Å²) in [5, 5.41) is 17.6. The number of hydrogen-bond donors (Lipinski definition) is 0. The van der Waals surface area contributed by atoms with Crippen molar-refractivity contribution in [2.45, 2.75) is 264 Å². The van der Waals surface area contributed by atoms with Gasteiger partial charge in [0.15, 0.2) is 5.79 Å². The lowest BCUT2D eigenvalue weighted by atomic mass is 9.79. The molecule has 0 N–H and O–H groups in total. The molecule has 0 unspecified atom stereocenters. The molecule has 1 aliphatic rings. The summed E-state index contributed by atoms with van der Waals surface area (Å²) in [5.74, 6) is -0.657. The lowest BCUT2D eigenvalue weighted by Crippen LogP contribution is -2.32. The van der Waals surface area contributed by atoms with Gasteiger partial charge in [-0.25, -0.2) is 0 Å². The van der Waals surface area contributed by atoms with Crippen LogP contribution < -0.4 is 0 Å². The van der Waals surface area contributed by atoms with E-state index in [9.17, 15) is 0 Å². The summed E-state index contributed by atoms with van der Waals surface area (Å²) in [5.41, 5.74) is 9.20. The number of rotatable bonds is 36. The van der Waals surface area contributed by atoms with Crippen LogP contribution in [-0.2, 0) is 62.9 Å². The number of hydrogen-bond acceptors (Lipinski definition) is 8. The van der Waals surface area contributed by atoms with Crippen molar-refractivity contribution in [1.82, 2.24) is 0 Å². The van der Waals surface area contributed by atoms with Crippen LogP contribution >= 0.6 is 0 Å². The predicted molar refractivity (Wildman–Crippen MR) is 294 cm³/mol. The van der Waals surface area contributed by atoms with Crippen LogP contribution in [0.25, 0.3) is 0 Å². The number of unbranched alkanes of at least 4 members (excludes halogenated alkanes) is 14. The van der Waals surface area contributed by atoms with Gasteiger partial charge < -0.3 is 28.4 Å². The minimum Gasteiger partial charge on any atom is -0.379 e. The predicted octanol–water partition coefficient (Wildman–Crippen LogP) is 16.1. The van der Waals surface area contributed by atoms with E-state index in [1.54, 1.807) is 0 Å². The van der Waals surface area contributed by atoms with E-state index in [2.05, 4.69) is 132 Å². The Bertz CT molecular complexity index is 1630. The summed E-state index contributed by atoms with van der Waals surface area (Å²) in [7, 11) is 0. The second-order valence-electron chi connectivity index (χ2n) is 24.9. The second-order valence-corrected chi connectivity index (χ2v) is 24.9. The Hall–Kier alpha value is -2.82. The average molecular weight is 986 g/mol. The molecule has 0 aromatic heterocycles. The molecule has 0 amide bonds. The molecule has 1 heterocycles. The van der Waals surface area contributed by atoms with Crippen LogP contribution in [-0.4, -0.2) is 70.9 Å². The van der Waals surface area contributed by atoms with Gasteiger partial charge >= 0.3 is 0 Å². The Balaban J connectivity index is 1.63. The van der Waals surface area contributed by atoms with E-state index < -0.39 is 5.79 Å². The van der Waals surface area contributed by atoms with Gasteiger partial charge in [0.25, 0.3) is 0 Å². The van der Waals surface area contributed by atoms with E-state index in [0.717, 1.165) is 89.9 Å². The highest BCUT2D eigenvalue weighted by molar-refractivity contribution is 5.38. The molecular weight excluding hydrogens is 881 g/mol. The minimum absolute atomic E-state index is 0.130. The van der Waals surface area contributed by atoms with Gasteiger partial charge in [-0.15, -0.1) is 0 Å². The maximum Gasteiger partial charge on any atom is 0.169 e. The van der Waals surface area contributed by atoms with Crippen molar-refractivity contribution >= 4 is 0 Å². The lowest BCUT2D eigenvalue weighted by molar-refractivity contribution is -0.193. The van der Waals surface area contributed by atoms with Gasteiger partial charge in [-0.05, 0) is 119 Å². The Labute approximate surface area is 436 Å². The van der Waals surface area contributed by atoms with Gasteiger partial charge in [0.2, 0.25) is 0 Å². The van der Waals surface area contributed by atoms with E-state index in [1.807, 2.05) is 0 Å². The number of nitrogens with zero attached hydrogens (tertiary/aromatic N) is 2. The molecule has 1 aliphatic heterocycles. The fourth-order valence-electron chi connectivity index (χ4n) is 9.30.